The molecule has 0 heterocycles. The molecule has 0 N–H and O–H groups in total. The molecule has 0 unspecified atom stereocenters. The van der Waals surface area contributed by atoms with Crippen LogP contribution in [0.4, 0.5) is 0 Å². The molecular weight excluding hydrogens is 132 g/mol. The van der Waals surface area contributed by atoms with Crippen molar-refractivity contribution in [3.63, 3.8) is 0 Å². The molecule has 0 rings (SSSR count). The molecule has 0 aliphatic rings. The molecule has 0 radical (unpaired) electrons. The molecule has 0 spiro atoms. The number of rotatable bonds is 1. The van der Waals surface area contributed by atoms with Gasteiger partial charge in [0.1, 0.15) is 6.42 Å². The summed E-state index contributed by atoms with van der Waals surface area (Å²) >= 11 is 0. The minimum atomic E-state index is -1.01. The van der Waals surface area contributed by atoms with Crippen molar-refractivity contribution in [2.75, 3.05) is 0 Å². The maximum Gasteiger partial charge on any atom is 0.391 e. The highest BCUT2D eigenvalue weighted by Gasteiger charge is 2.04. The lowest BCUT2D eigenvalue weighted by molar-refractivity contribution is -0.154. The van der Waals surface area contributed by atoms with E-state index in [1.165, 1.54) is 0 Å². The van der Waals surface area contributed by atoms with Gasteiger partial charge in [0.05, 0.1) is 0 Å². The van der Waals surface area contributed by atoms with Gasteiger partial charge in [0.25, 0.3) is 0 Å². The van der Waals surface area contributed by atoms with E-state index in [4.69, 9.17) is 6.42 Å². The Kier molecular flexibility index (Phi) is 3.44. The van der Waals surface area contributed by atoms with Gasteiger partial charge in [0.2, 0.25) is 0 Å². The molecule has 0 aromatic rings. The van der Waals surface area contributed by atoms with Crippen molar-refractivity contribution >= 4 is 11.9 Å². The molecule has 0 amide bonds. The zero-order valence-electron chi connectivity index (χ0n) is 5.09. The summed E-state index contributed by atoms with van der Waals surface area (Å²) in [7, 11) is 0. The van der Waals surface area contributed by atoms with E-state index in [-0.39, 0.29) is 6.42 Å². The van der Waals surface area contributed by atoms with Gasteiger partial charge < -0.3 is 4.74 Å². The SMILES string of the molecule is C#CCC(=O)OC(=O)C#C. The zero-order chi connectivity index (χ0) is 7.98. The molecular formula is C7H4O3. The quantitative estimate of drug-likeness (QED) is 0.215. The maximum atomic E-state index is 10.3. The molecule has 0 aromatic heterocycles. The summed E-state index contributed by atoms with van der Waals surface area (Å²) < 4.78 is 3.98. The van der Waals surface area contributed by atoms with Crippen LogP contribution < -0.4 is 0 Å². The summed E-state index contributed by atoms with van der Waals surface area (Å²) in [5, 5.41) is 0. The average molecular weight is 136 g/mol. The van der Waals surface area contributed by atoms with E-state index in [1.54, 1.807) is 5.92 Å². The molecule has 3 nitrogen and oxygen atoms in total. The fourth-order valence-corrected chi connectivity index (χ4v) is 0.252. The lowest BCUT2D eigenvalue weighted by Gasteiger charge is -1.91. The summed E-state index contributed by atoms with van der Waals surface area (Å²) in [4.78, 5) is 20.5. The molecule has 50 valence electrons. The third-order valence-corrected chi connectivity index (χ3v) is 0.571. The summed E-state index contributed by atoms with van der Waals surface area (Å²) in [6.45, 7) is 0. The molecule has 0 fully saturated rings. The Balaban J connectivity index is 3.74. The van der Waals surface area contributed by atoms with Crippen LogP contribution >= 0.6 is 0 Å². The van der Waals surface area contributed by atoms with Gasteiger partial charge in [0.15, 0.2) is 0 Å². The van der Waals surface area contributed by atoms with Gasteiger partial charge in [0, 0.05) is 5.92 Å². The summed E-state index contributed by atoms with van der Waals surface area (Å²) in [5.41, 5.74) is 0. The Morgan fingerprint density at radius 3 is 2.40 bits per heavy atom. The van der Waals surface area contributed by atoms with Crippen LogP contribution in [-0.2, 0) is 14.3 Å². The molecule has 10 heavy (non-hydrogen) atoms. The number of hydrogen-bond donors (Lipinski definition) is 0. The first-order valence-electron chi connectivity index (χ1n) is 2.35. The van der Waals surface area contributed by atoms with Crippen LogP contribution in [0.3, 0.4) is 0 Å². The standard InChI is InChI=1S/C7H4O3/c1-3-5-7(9)10-6(8)4-2/h1-2H,5H2. The van der Waals surface area contributed by atoms with Crippen molar-refractivity contribution in [2.45, 2.75) is 6.42 Å². The van der Waals surface area contributed by atoms with Crippen LogP contribution in [0.25, 0.3) is 0 Å². The predicted octanol–water partition coefficient (Wildman–Crippen LogP) is -0.287. The Labute approximate surface area is 58.4 Å². The molecule has 0 bridgehead atoms. The molecule has 0 saturated carbocycles. The van der Waals surface area contributed by atoms with Crippen molar-refractivity contribution in [2.24, 2.45) is 0 Å². The van der Waals surface area contributed by atoms with E-state index in [9.17, 15) is 9.59 Å². The van der Waals surface area contributed by atoms with Gasteiger partial charge in [-0.15, -0.1) is 12.8 Å². The van der Waals surface area contributed by atoms with Crippen LogP contribution in [0.5, 0.6) is 0 Å². The van der Waals surface area contributed by atoms with Crippen LogP contribution in [0.15, 0.2) is 0 Å². The number of hydrogen-bond acceptors (Lipinski definition) is 3. The third kappa shape index (κ3) is 3.29. The Hall–Kier alpha value is -1.74. The number of terminal acetylenes is 2. The fourth-order valence-electron chi connectivity index (χ4n) is 0.252. The Morgan fingerprint density at radius 2 is 2.00 bits per heavy atom. The van der Waals surface area contributed by atoms with Crippen molar-refractivity contribution in [1.29, 1.82) is 0 Å². The first kappa shape index (κ1) is 8.26. The van der Waals surface area contributed by atoms with Gasteiger partial charge in [-0.05, 0) is 0 Å². The van der Waals surface area contributed by atoms with Crippen molar-refractivity contribution in [1.82, 2.24) is 0 Å². The monoisotopic (exact) mass is 136 g/mol. The van der Waals surface area contributed by atoms with Gasteiger partial charge in [-0.3, -0.25) is 4.79 Å². The molecule has 0 aliphatic heterocycles. The van der Waals surface area contributed by atoms with E-state index >= 15 is 0 Å². The van der Waals surface area contributed by atoms with E-state index in [1.807, 2.05) is 5.92 Å². The molecule has 3 heteroatoms. The Morgan fingerprint density at radius 1 is 1.40 bits per heavy atom. The highest BCUT2D eigenvalue weighted by atomic mass is 16.6. The van der Waals surface area contributed by atoms with E-state index in [0.717, 1.165) is 0 Å². The van der Waals surface area contributed by atoms with Crippen molar-refractivity contribution < 1.29 is 14.3 Å². The second-order valence-electron chi connectivity index (χ2n) is 1.29. The second-order valence-corrected chi connectivity index (χ2v) is 1.29. The second kappa shape index (κ2) is 4.17. The number of carbonyl (C=O) groups excluding carboxylic acids is 2. The zero-order valence-corrected chi connectivity index (χ0v) is 5.09. The fraction of sp³-hybridized carbons (Fsp3) is 0.143. The molecule has 0 atom stereocenters. The first-order chi connectivity index (χ1) is 4.70. The van der Waals surface area contributed by atoms with E-state index in [0.29, 0.717) is 0 Å². The summed E-state index contributed by atoms with van der Waals surface area (Å²) in [5.74, 6) is 1.79. The minimum Gasteiger partial charge on any atom is -0.382 e. The normalized spacial score (nSPS) is 7.00. The van der Waals surface area contributed by atoms with Gasteiger partial charge >= 0.3 is 11.9 Å². The summed E-state index contributed by atoms with van der Waals surface area (Å²) in [6, 6.07) is 0. The van der Waals surface area contributed by atoms with E-state index < -0.39 is 11.9 Å². The third-order valence-electron chi connectivity index (χ3n) is 0.571. The molecule has 0 aliphatic carbocycles. The maximum absolute atomic E-state index is 10.3. The Bertz CT molecular complexity index is 226. The van der Waals surface area contributed by atoms with E-state index in [2.05, 4.69) is 11.2 Å². The summed E-state index contributed by atoms with van der Waals surface area (Å²) in [6.07, 6.45) is 9.08. The van der Waals surface area contributed by atoms with Crippen molar-refractivity contribution in [3.05, 3.63) is 0 Å². The smallest absolute Gasteiger partial charge is 0.382 e. The number of esters is 2. The van der Waals surface area contributed by atoms with Crippen LogP contribution in [-0.4, -0.2) is 11.9 Å². The topological polar surface area (TPSA) is 43.4 Å². The molecule has 0 aromatic carbocycles. The van der Waals surface area contributed by atoms with Gasteiger partial charge in [-0.2, -0.15) is 0 Å². The highest BCUT2D eigenvalue weighted by Crippen LogP contribution is 1.83. The van der Waals surface area contributed by atoms with Crippen molar-refractivity contribution in [3.8, 4) is 24.7 Å². The number of carbonyl (C=O) groups is 2. The lowest BCUT2D eigenvalue weighted by Crippen LogP contribution is -2.08. The van der Waals surface area contributed by atoms with Gasteiger partial charge in [-0.25, -0.2) is 4.79 Å². The lowest BCUT2D eigenvalue weighted by atomic mass is 10.5. The molecule has 0 saturated heterocycles. The van der Waals surface area contributed by atoms with Crippen LogP contribution in [0, 0.1) is 24.7 Å². The van der Waals surface area contributed by atoms with Gasteiger partial charge in [-0.1, -0.05) is 5.92 Å². The largest absolute Gasteiger partial charge is 0.391 e. The first-order valence-corrected chi connectivity index (χ1v) is 2.35. The number of ether oxygens (including phenoxy) is 1. The van der Waals surface area contributed by atoms with Crippen LogP contribution in [0.2, 0.25) is 0 Å². The van der Waals surface area contributed by atoms with Crippen LogP contribution in [0.1, 0.15) is 6.42 Å². The predicted molar refractivity (Wildman–Crippen MR) is 33.4 cm³/mol. The minimum absolute atomic E-state index is 0.243. The highest BCUT2D eigenvalue weighted by molar-refractivity contribution is 5.96. The average Bonchev–Trinajstić information content (AvgIpc) is 1.88.